The van der Waals surface area contributed by atoms with Crippen molar-refractivity contribution < 1.29 is 9.21 Å². The van der Waals surface area contributed by atoms with Gasteiger partial charge >= 0.3 is 0 Å². The van der Waals surface area contributed by atoms with Crippen molar-refractivity contribution in [3.63, 3.8) is 0 Å². The van der Waals surface area contributed by atoms with Crippen LogP contribution in [0.5, 0.6) is 0 Å². The highest BCUT2D eigenvalue weighted by Crippen LogP contribution is 2.33. The highest BCUT2D eigenvalue weighted by Gasteiger charge is 2.32. The molecule has 1 saturated heterocycles. The van der Waals surface area contributed by atoms with Gasteiger partial charge in [-0.25, -0.2) is 9.97 Å². The fourth-order valence-electron chi connectivity index (χ4n) is 3.61. The lowest BCUT2D eigenvalue weighted by atomic mass is 9.98. The first-order valence-corrected chi connectivity index (χ1v) is 9.37. The number of oxazole rings is 1. The summed E-state index contributed by atoms with van der Waals surface area (Å²) in [6.45, 7) is 6.61. The van der Waals surface area contributed by atoms with Crippen LogP contribution in [0.1, 0.15) is 61.1 Å². The van der Waals surface area contributed by atoms with Gasteiger partial charge in [0.1, 0.15) is 0 Å². The summed E-state index contributed by atoms with van der Waals surface area (Å²) in [5, 5.41) is 11.6. The van der Waals surface area contributed by atoms with E-state index in [2.05, 4.69) is 34.3 Å². The Morgan fingerprint density at radius 2 is 2.22 bits per heavy atom. The number of H-pyrrole nitrogens is 1. The van der Waals surface area contributed by atoms with Gasteiger partial charge in [0, 0.05) is 12.6 Å². The highest BCUT2D eigenvalue weighted by atomic mass is 16.3. The van der Waals surface area contributed by atoms with Crippen LogP contribution in [0.15, 0.2) is 22.9 Å². The van der Waals surface area contributed by atoms with E-state index in [4.69, 9.17) is 9.40 Å². The second-order valence-corrected chi connectivity index (χ2v) is 7.28. The van der Waals surface area contributed by atoms with E-state index in [1.165, 1.54) is 6.39 Å². The largest absolute Gasteiger partial charge is 0.438 e. The number of aromatic nitrogens is 4. The molecule has 1 fully saturated rings. The quantitative estimate of drug-likeness (QED) is 0.732. The minimum Gasteiger partial charge on any atom is -0.438 e. The number of hydrogen-bond donors (Lipinski definition) is 2. The number of nitrogens with one attached hydrogen (secondary N) is 2. The van der Waals surface area contributed by atoms with Gasteiger partial charge in [0.15, 0.2) is 17.9 Å². The lowest BCUT2D eigenvalue weighted by Crippen LogP contribution is -2.39. The van der Waals surface area contributed by atoms with Crippen LogP contribution < -0.4 is 5.32 Å². The number of hydrogen-bond acceptors (Lipinski definition) is 6. The Bertz CT molecular complexity index is 960. The Hall–Kier alpha value is -2.90. The maximum atomic E-state index is 13.0. The number of fused-ring (bicyclic) bond motifs is 1. The molecule has 1 amide bonds. The molecule has 0 aliphatic carbocycles. The average Bonchev–Trinajstić information content (AvgIpc) is 3.26. The molecule has 0 aromatic carbocycles. The van der Waals surface area contributed by atoms with E-state index in [1.54, 1.807) is 6.92 Å². The van der Waals surface area contributed by atoms with E-state index in [0.717, 1.165) is 41.8 Å². The summed E-state index contributed by atoms with van der Waals surface area (Å²) in [5.41, 5.74) is 2.21. The minimum atomic E-state index is -0.122. The fraction of sp³-hybridized carbons (Fsp3) is 0.474. The third-order valence-electron chi connectivity index (χ3n) is 4.92. The molecule has 4 heterocycles. The van der Waals surface area contributed by atoms with Crippen LogP contribution in [0.25, 0.3) is 11.0 Å². The average molecular weight is 368 g/mol. The number of amides is 1. The van der Waals surface area contributed by atoms with Crippen molar-refractivity contribution in [2.24, 2.45) is 0 Å². The molecule has 8 heteroatoms. The molecular weight excluding hydrogens is 344 g/mol. The number of rotatable bonds is 4. The topological polar surface area (TPSA) is 99.9 Å². The van der Waals surface area contributed by atoms with Crippen LogP contribution in [0.4, 0.5) is 5.82 Å². The normalized spacial score (nSPS) is 17.6. The second-order valence-electron chi connectivity index (χ2n) is 7.28. The smallest absolute Gasteiger partial charge is 0.292 e. The fourth-order valence-corrected chi connectivity index (χ4v) is 3.61. The molecule has 27 heavy (non-hydrogen) atoms. The summed E-state index contributed by atoms with van der Waals surface area (Å²) in [4.78, 5) is 23.7. The predicted octanol–water partition coefficient (Wildman–Crippen LogP) is 3.44. The zero-order chi connectivity index (χ0) is 19.0. The number of likely N-dealkylation sites (tertiary alicyclic amines) is 1. The zero-order valence-electron chi connectivity index (χ0n) is 15.8. The monoisotopic (exact) mass is 368 g/mol. The molecule has 8 nitrogen and oxygen atoms in total. The molecule has 1 atom stereocenters. The van der Waals surface area contributed by atoms with Crippen molar-refractivity contribution in [3.8, 4) is 0 Å². The van der Waals surface area contributed by atoms with Crippen LogP contribution >= 0.6 is 0 Å². The lowest BCUT2D eigenvalue weighted by Gasteiger charge is -2.34. The van der Waals surface area contributed by atoms with Gasteiger partial charge in [0.25, 0.3) is 5.91 Å². The van der Waals surface area contributed by atoms with Crippen molar-refractivity contribution in [1.82, 2.24) is 25.1 Å². The first-order chi connectivity index (χ1) is 13.0. The van der Waals surface area contributed by atoms with Gasteiger partial charge in [0.05, 0.1) is 22.8 Å². The number of anilines is 1. The summed E-state index contributed by atoms with van der Waals surface area (Å²) in [5.74, 6) is 0.990. The first-order valence-electron chi connectivity index (χ1n) is 9.37. The van der Waals surface area contributed by atoms with Crippen LogP contribution in [-0.2, 0) is 0 Å². The number of pyridine rings is 1. The summed E-state index contributed by atoms with van der Waals surface area (Å²) >= 11 is 0. The molecule has 3 aromatic heterocycles. The molecule has 0 radical (unpaired) electrons. The number of piperidine rings is 1. The van der Waals surface area contributed by atoms with E-state index in [0.29, 0.717) is 18.0 Å². The second kappa shape index (κ2) is 7.02. The molecule has 0 bridgehead atoms. The maximum absolute atomic E-state index is 13.0. The first kappa shape index (κ1) is 17.5. The Morgan fingerprint density at radius 3 is 2.96 bits per heavy atom. The molecule has 0 saturated carbocycles. The molecule has 1 aliphatic heterocycles. The molecule has 4 rings (SSSR count). The van der Waals surface area contributed by atoms with Crippen LogP contribution in [0.2, 0.25) is 0 Å². The van der Waals surface area contributed by atoms with Crippen molar-refractivity contribution in [2.75, 3.05) is 11.9 Å². The summed E-state index contributed by atoms with van der Waals surface area (Å²) in [6, 6.07) is 4.22. The third-order valence-corrected chi connectivity index (χ3v) is 4.92. The van der Waals surface area contributed by atoms with Gasteiger partial charge in [0.2, 0.25) is 5.76 Å². The van der Waals surface area contributed by atoms with E-state index in [-0.39, 0.29) is 18.0 Å². The summed E-state index contributed by atoms with van der Waals surface area (Å²) in [7, 11) is 0. The van der Waals surface area contributed by atoms with E-state index >= 15 is 0 Å². The van der Waals surface area contributed by atoms with Crippen LogP contribution in [0, 0.1) is 6.92 Å². The number of carbonyl (C=O) groups is 1. The highest BCUT2D eigenvalue weighted by molar-refractivity contribution is 5.93. The molecule has 2 N–H and O–H groups in total. The van der Waals surface area contributed by atoms with E-state index in [9.17, 15) is 4.79 Å². The van der Waals surface area contributed by atoms with Crippen LogP contribution in [0.3, 0.4) is 0 Å². The molecule has 0 spiro atoms. The van der Waals surface area contributed by atoms with E-state index < -0.39 is 0 Å². The molecule has 1 aliphatic rings. The van der Waals surface area contributed by atoms with Gasteiger partial charge in [-0.1, -0.05) is 0 Å². The number of aromatic amines is 1. The standard InChI is InChI=1S/C19H24N6O2/c1-11(2)21-17-13-7-8-14(22-18(13)24-23-17)15-6-4-5-9-25(15)19(26)16-12(3)20-10-27-16/h7-8,10-11,15H,4-6,9H2,1-3H3,(H2,21,22,23,24). The third kappa shape index (κ3) is 3.27. The molecule has 1 unspecified atom stereocenters. The van der Waals surface area contributed by atoms with Crippen molar-refractivity contribution in [3.05, 3.63) is 35.7 Å². The van der Waals surface area contributed by atoms with E-state index in [1.807, 2.05) is 17.0 Å². The summed E-state index contributed by atoms with van der Waals surface area (Å²) < 4.78 is 5.33. The Labute approximate surface area is 157 Å². The minimum absolute atomic E-state index is 0.0787. The Balaban J connectivity index is 1.65. The van der Waals surface area contributed by atoms with Crippen molar-refractivity contribution in [1.29, 1.82) is 0 Å². The van der Waals surface area contributed by atoms with Gasteiger partial charge in [-0.05, 0) is 52.2 Å². The van der Waals surface area contributed by atoms with Crippen molar-refractivity contribution >= 4 is 22.8 Å². The lowest BCUT2D eigenvalue weighted by molar-refractivity contribution is 0.0572. The van der Waals surface area contributed by atoms with Crippen molar-refractivity contribution in [2.45, 2.75) is 52.1 Å². The Morgan fingerprint density at radius 1 is 1.37 bits per heavy atom. The number of aryl methyl sites for hydroxylation is 1. The molecule has 142 valence electrons. The van der Waals surface area contributed by atoms with Crippen LogP contribution in [-0.4, -0.2) is 43.6 Å². The Kier molecular flexibility index (Phi) is 4.55. The predicted molar refractivity (Wildman–Crippen MR) is 102 cm³/mol. The SMILES string of the molecule is Cc1ncoc1C(=O)N1CCCCC1c1ccc2c(NC(C)C)n[nH]c2n1. The number of carbonyl (C=O) groups excluding carboxylic acids is 1. The van der Waals surface area contributed by atoms with Gasteiger partial charge in [-0.3, -0.25) is 9.89 Å². The van der Waals surface area contributed by atoms with Gasteiger partial charge < -0.3 is 14.6 Å². The maximum Gasteiger partial charge on any atom is 0.292 e. The summed E-state index contributed by atoms with van der Waals surface area (Å²) in [6.07, 6.45) is 4.24. The number of nitrogens with zero attached hydrogens (tertiary/aromatic N) is 4. The molecular formula is C19H24N6O2. The molecule has 3 aromatic rings. The van der Waals surface area contributed by atoms with Gasteiger partial charge in [-0.15, -0.1) is 0 Å². The zero-order valence-corrected chi connectivity index (χ0v) is 15.8. The van der Waals surface area contributed by atoms with Gasteiger partial charge in [-0.2, -0.15) is 5.10 Å².